The highest BCUT2D eigenvalue weighted by atomic mass is 32.2. The Kier molecular flexibility index (Phi) is 6.72. The van der Waals surface area contributed by atoms with Gasteiger partial charge in [0.15, 0.2) is 5.16 Å². The molecule has 1 aromatic carbocycles. The predicted molar refractivity (Wildman–Crippen MR) is 111 cm³/mol. The van der Waals surface area contributed by atoms with Crippen LogP contribution in [0.3, 0.4) is 0 Å². The Hall–Kier alpha value is -2.08. The molecular weight excluding hydrogens is 356 g/mol. The van der Waals surface area contributed by atoms with Gasteiger partial charge in [0, 0.05) is 43.8 Å². The van der Waals surface area contributed by atoms with Crippen LogP contribution in [-0.4, -0.2) is 46.7 Å². The predicted octanol–water partition coefficient (Wildman–Crippen LogP) is 3.83. The molecule has 1 aliphatic heterocycles. The number of piperidine rings is 1. The van der Waals surface area contributed by atoms with Crippen LogP contribution in [0.15, 0.2) is 35.5 Å². The lowest BCUT2D eigenvalue weighted by atomic mass is 10.1. The van der Waals surface area contributed by atoms with Crippen LogP contribution in [0.5, 0.6) is 0 Å². The molecule has 2 heterocycles. The molecule has 0 spiro atoms. The molecule has 6 heteroatoms. The fourth-order valence-corrected chi connectivity index (χ4v) is 4.21. The van der Waals surface area contributed by atoms with Gasteiger partial charge in [-0.2, -0.15) is 0 Å². The van der Waals surface area contributed by atoms with Crippen molar-refractivity contribution in [3.8, 4) is 0 Å². The lowest BCUT2D eigenvalue weighted by Gasteiger charge is -2.29. The van der Waals surface area contributed by atoms with Gasteiger partial charge in [-0.15, -0.1) is 0 Å². The van der Waals surface area contributed by atoms with E-state index < -0.39 is 0 Å². The Labute approximate surface area is 166 Å². The Morgan fingerprint density at radius 3 is 2.33 bits per heavy atom. The van der Waals surface area contributed by atoms with Crippen LogP contribution in [-0.2, 0) is 11.3 Å². The van der Waals surface area contributed by atoms with Gasteiger partial charge in [0.25, 0.3) is 0 Å². The van der Waals surface area contributed by atoms with Crippen LogP contribution in [0.4, 0.5) is 5.69 Å². The van der Waals surface area contributed by atoms with Crippen molar-refractivity contribution in [2.45, 2.75) is 44.8 Å². The first-order chi connectivity index (χ1) is 13.0. The molecule has 1 fully saturated rings. The van der Waals surface area contributed by atoms with Gasteiger partial charge in [-0.25, -0.2) is 9.97 Å². The molecule has 5 nitrogen and oxygen atoms in total. The summed E-state index contributed by atoms with van der Waals surface area (Å²) >= 11 is 1.40. The molecule has 0 aliphatic carbocycles. The quantitative estimate of drug-likeness (QED) is 0.559. The third-order valence-electron chi connectivity index (χ3n) is 4.79. The minimum atomic E-state index is 0.0860. The van der Waals surface area contributed by atoms with Gasteiger partial charge in [0.2, 0.25) is 5.91 Å². The molecule has 1 aliphatic rings. The summed E-state index contributed by atoms with van der Waals surface area (Å²) in [5.41, 5.74) is 4.30. The molecule has 0 bridgehead atoms. The molecular formula is C21H28N4OS. The topological polar surface area (TPSA) is 49.3 Å². The van der Waals surface area contributed by atoms with Gasteiger partial charge >= 0.3 is 0 Å². The summed E-state index contributed by atoms with van der Waals surface area (Å²) in [6.45, 7) is 6.80. The van der Waals surface area contributed by atoms with Crippen molar-refractivity contribution < 1.29 is 4.79 Å². The van der Waals surface area contributed by atoms with Crippen LogP contribution in [0, 0.1) is 13.8 Å². The average Bonchev–Trinajstić information content (AvgIpc) is 2.66. The molecule has 0 unspecified atom stereocenters. The number of hydrogen-bond donors (Lipinski definition) is 0. The monoisotopic (exact) mass is 384 g/mol. The fourth-order valence-electron chi connectivity index (χ4n) is 3.32. The molecule has 0 atom stereocenters. The number of nitrogens with zero attached hydrogens (tertiary/aromatic N) is 4. The van der Waals surface area contributed by atoms with Gasteiger partial charge in [0.05, 0.1) is 5.75 Å². The molecule has 1 amide bonds. The third-order valence-corrected chi connectivity index (χ3v) is 5.62. The number of thioether (sulfide) groups is 1. The number of carbonyl (C=O) groups is 1. The summed E-state index contributed by atoms with van der Waals surface area (Å²) in [4.78, 5) is 25.4. The van der Waals surface area contributed by atoms with Crippen LogP contribution >= 0.6 is 11.8 Å². The van der Waals surface area contributed by atoms with Crippen molar-refractivity contribution in [2.75, 3.05) is 30.8 Å². The summed E-state index contributed by atoms with van der Waals surface area (Å²) in [6.07, 6.45) is 3.90. The summed E-state index contributed by atoms with van der Waals surface area (Å²) in [6, 6.07) is 10.6. The number of rotatable bonds is 6. The first-order valence-corrected chi connectivity index (χ1v) is 10.5. The maximum absolute atomic E-state index is 12.4. The van der Waals surface area contributed by atoms with Gasteiger partial charge in [-0.3, -0.25) is 4.79 Å². The number of benzene rings is 1. The average molecular weight is 385 g/mol. The lowest BCUT2D eigenvalue weighted by molar-refractivity contribution is -0.127. The standard InChI is InChI=1S/C21H28N4OS/c1-16-13-17(2)23-21(22-16)27-15-20(26)24(3)14-18-7-9-19(10-8-18)25-11-5-4-6-12-25/h7-10,13H,4-6,11-12,14-15H2,1-3H3. The number of hydrogen-bond acceptors (Lipinski definition) is 5. The molecule has 1 saturated heterocycles. The molecule has 0 N–H and O–H groups in total. The van der Waals surface area contributed by atoms with Crippen LogP contribution in [0.1, 0.15) is 36.2 Å². The third kappa shape index (κ3) is 5.70. The van der Waals surface area contributed by atoms with Gasteiger partial charge in [-0.1, -0.05) is 23.9 Å². The minimum absolute atomic E-state index is 0.0860. The molecule has 27 heavy (non-hydrogen) atoms. The van der Waals surface area contributed by atoms with E-state index in [2.05, 4.69) is 39.1 Å². The molecule has 2 aromatic rings. The summed E-state index contributed by atoms with van der Waals surface area (Å²) in [7, 11) is 1.85. The van der Waals surface area contributed by atoms with Crippen molar-refractivity contribution in [1.82, 2.24) is 14.9 Å². The zero-order valence-electron chi connectivity index (χ0n) is 16.4. The van der Waals surface area contributed by atoms with Gasteiger partial charge in [-0.05, 0) is 56.9 Å². The summed E-state index contributed by atoms with van der Waals surface area (Å²) in [5, 5.41) is 0.667. The van der Waals surface area contributed by atoms with Gasteiger partial charge in [0.1, 0.15) is 0 Å². The van der Waals surface area contributed by atoms with Crippen LogP contribution < -0.4 is 4.90 Å². The molecule has 3 rings (SSSR count). The summed E-state index contributed by atoms with van der Waals surface area (Å²) in [5.74, 6) is 0.438. The smallest absolute Gasteiger partial charge is 0.233 e. The highest BCUT2D eigenvalue weighted by molar-refractivity contribution is 7.99. The maximum Gasteiger partial charge on any atom is 0.233 e. The molecule has 0 radical (unpaired) electrons. The van der Waals surface area contributed by atoms with Crippen molar-refractivity contribution in [1.29, 1.82) is 0 Å². The SMILES string of the molecule is Cc1cc(C)nc(SCC(=O)N(C)Cc2ccc(N3CCCCC3)cc2)n1. The Morgan fingerprint density at radius 2 is 1.70 bits per heavy atom. The first kappa shape index (κ1) is 19.7. The van der Waals surface area contributed by atoms with E-state index in [1.165, 1.54) is 36.7 Å². The minimum Gasteiger partial charge on any atom is -0.372 e. The normalized spacial score (nSPS) is 14.3. The maximum atomic E-state index is 12.4. The molecule has 144 valence electrons. The van der Waals surface area contributed by atoms with E-state index >= 15 is 0 Å². The Balaban J connectivity index is 1.51. The van der Waals surface area contributed by atoms with E-state index in [0.29, 0.717) is 17.5 Å². The van der Waals surface area contributed by atoms with Crippen LogP contribution in [0.25, 0.3) is 0 Å². The van der Waals surface area contributed by atoms with E-state index in [9.17, 15) is 4.79 Å². The zero-order valence-corrected chi connectivity index (χ0v) is 17.3. The number of aromatic nitrogens is 2. The van der Waals surface area contributed by atoms with E-state index in [-0.39, 0.29) is 5.91 Å². The Bertz CT molecular complexity index is 752. The van der Waals surface area contributed by atoms with E-state index in [1.807, 2.05) is 27.0 Å². The second-order valence-corrected chi connectivity index (χ2v) is 8.13. The van der Waals surface area contributed by atoms with E-state index in [1.54, 1.807) is 4.90 Å². The lowest BCUT2D eigenvalue weighted by Crippen LogP contribution is -2.29. The van der Waals surface area contributed by atoms with Gasteiger partial charge < -0.3 is 9.80 Å². The first-order valence-electron chi connectivity index (χ1n) is 9.54. The van der Waals surface area contributed by atoms with Crippen molar-refractivity contribution >= 4 is 23.4 Å². The van der Waals surface area contributed by atoms with Crippen molar-refractivity contribution in [2.24, 2.45) is 0 Å². The van der Waals surface area contributed by atoms with Crippen molar-refractivity contribution in [3.05, 3.63) is 47.3 Å². The number of amides is 1. The highest BCUT2D eigenvalue weighted by Crippen LogP contribution is 2.21. The number of anilines is 1. The highest BCUT2D eigenvalue weighted by Gasteiger charge is 2.13. The van der Waals surface area contributed by atoms with E-state index in [4.69, 9.17) is 0 Å². The number of aryl methyl sites for hydroxylation is 2. The molecule has 1 aromatic heterocycles. The largest absolute Gasteiger partial charge is 0.372 e. The summed E-state index contributed by atoms with van der Waals surface area (Å²) < 4.78 is 0. The number of carbonyl (C=O) groups excluding carboxylic acids is 1. The second-order valence-electron chi connectivity index (χ2n) is 7.19. The van der Waals surface area contributed by atoms with E-state index in [0.717, 1.165) is 30.0 Å². The fraction of sp³-hybridized carbons (Fsp3) is 0.476. The molecule has 0 saturated carbocycles. The second kappa shape index (κ2) is 9.22. The van der Waals surface area contributed by atoms with Crippen molar-refractivity contribution in [3.63, 3.8) is 0 Å². The zero-order chi connectivity index (χ0) is 19.2. The van der Waals surface area contributed by atoms with Crippen LogP contribution in [0.2, 0.25) is 0 Å². The Morgan fingerprint density at radius 1 is 1.07 bits per heavy atom.